The minimum atomic E-state index is -0.531. The highest BCUT2D eigenvalue weighted by Crippen LogP contribution is 2.36. The summed E-state index contributed by atoms with van der Waals surface area (Å²) in [6, 6.07) is 0. The Morgan fingerprint density at radius 2 is 2.00 bits per heavy atom. The van der Waals surface area contributed by atoms with Crippen LogP contribution in [0.25, 0.3) is 0 Å². The summed E-state index contributed by atoms with van der Waals surface area (Å²) in [6.45, 7) is 0. The van der Waals surface area contributed by atoms with Gasteiger partial charge >= 0.3 is 0 Å². The van der Waals surface area contributed by atoms with E-state index >= 15 is 0 Å². The number of ether oxygens (including phenoxy) is 1. The lowest BCUT2D eigenvalue weighted by atomic mass is 9.98. The second-order valence-electron chi connectivity index (χ2n) is 3.94. The van der Waals surface area contributed by atoms with E-state index in [4.69, 9.17) is 4.74 Å². The monoisotopic (exact) mass is 208 g/mol. The highest BCUT2D eigenvalue weighted by molar-refractivity contribution is 5.20. The predicted octanol–water partition coefficient (Wildman–Crippen LogP) is 1.71. The molecule has 4 nitrogen and oxygen atoms in total. The van der Waals surface area contributed by atoms with Gasteiger partial charge in [0.15, 0.2) is 0 Å². The molecule has 0 aliphatic heterocycles. The number of methoxy groups -OCH3 is 1. The number of nitrogens with zero attached hydrogens (tertiary/aromatic N) is 2. The zero-order chi connectivity index (χ0) is 10.7. The predicted molar refractivity (Wildman–Crippen MR) is 55.5 cm³/mol. The van der Waals surface area contributed by atoms with E-state index in [2.05, 4.69) is 9.97 Å². The molecule has 0 bridgehead atoms. The summed E-state index contributed by atoms with van der Waals surface area (Å²) in [5, 5.41) is 10.1. The smallest absolute Gasteiger partial charge is 0.238 e. The van der Waals surface area contributed by atoms with Crippen LogP contribution in [0.15, 0.2) is 12.4 Å². The van der Waals surface area contributed by atoms with Crippen LogP contribution in [0.5, 0.6) is 5.88 Å². The van der Waals surface area contributed by atoms with Crippen molar-refractivity contribution in [2.45, 2.75) is 31.8 Å². The molecule has 1 saturated carbocycles. The Morgan fingerprint density at radius 1 is 1.33 bits per heavy atom. The number of hydrogen-bond donors (Lipinski definition) is 1. The van der Waals surface area contributed by atoms with Crippen LogP contribution >= 0.6 is 0 Å². The van der Waals surface area contributed by atoms with Crippen molar-refractivity contribution in [1.82, 2.24) is 9.97 Å². The molecule has 1 fully saturated rings. The Labute approximate surface area is 89.3 Å². The topological polar surface area (TPSA) is 55.2 Å². The molecule has 1 aromatic heterocycles. The van der Waals surface area contributed by atoms with Gasteiger partial charge in [0, 0.05) is 12.4 Å². The van der Waals surface area contributed by atoms with Crippen LogP contribution < -0.4 is 4.74 Å². The minimum absolute atomic E-state index is 0.315. The molecule has 1 aliphatic carbocycles. The molecule has 4 heteroatoms. The minimum Gasteiger partial charge on any atom is -0.480 e. The molecule has 1 aromatic rings. The maximum Gasteiger partial charge on any atom is 0.238 e. The Balaban J connectivity index is 2.19. The first-order valence-corrected chi connectivity index (χ1v) is 5.36. The standard InChI is InChI=1S/C11H16N2O2/c1-15-11-9(12-6-7-13-11)10(14)8-4-2-3-5-8/h6-8,10,14H,2-5H2,1H3. The van der Waals surface area contributed by atoms with Crippen molar-refractivity contribution in [1.29, 1.82) is 0 Å². The first-order valence-electron chi connectivity index (χ1n) is 5.36. The van der Waals surface area contributed by atoms with E-state index in [9.17, 15) is 5.11 Å². The lowest BCUT2D eigenvalue weighted by Crippen LogP contribution is -2.12. The van der Waals surface area contributed by atoms with Crippen LogP contribution in [-0.2, 0) is 0 Å². The van der Waals surface area contributed by atoms with Crippen LogP contribution in [0.1, 0.15) is 37.5 Å². The quantitative estimate of drug-likeness (QED) is 0.821. The van der Waals surface area contributed by atoms with Crippen LogP contribution in [0, 0.1) is 5.92 Å². The van der Waals surface area contributed by atoms with Gasteiger partial charge in [-0.15, -0.1) is 0 Å². The highest BCUT2D eigenvalue weighted by Gasteiger charge is 2.28. The second-order valence-corrected chi connectivity index (χ2v) is 3.94. The summed E-state index contributed by atoms with van der Waals surface area (Å²) in [5.41, 5.74) is 0.576. The Bertz CT molecular complexity index is 324. The van der Waals surface area contributed by atoms with Gasteiger partial charge in [0.25, 0.3) is 0 Å². The lowest BCUT2D eigenvalue weighted by molar-refractivity contribution is 0.103. The summed E-state index contributed by atoms with van der Waals surface area (Å²) < 4.78 is 5.09. The zero-order valence-electron chi connectivity index (χ0n) is 8.89. The van der Waals surface area contributed by atoms with Gasteiger partial charge in [-0.3, -0.25) is 4.98 Å². The maximum absolute atomic E-state index is 10.1. The number of aromatic nitrogens is 2. The maximum atomic E-state index is 10.1. The number of rotatable bonds is 3. The molecule has 2 rings (SSSR count). The SMILES string of the molecule is COc1nccnc1C(O)C1CCCC1. The average molecular weight is 208 g/mol. The van der Waals surface area contributed by atoms with Crippen molar-refractivity contribution in [2.24, 2.45) is 5.92 Å². The molecule has 0 saturated heterocycles. The van der Waals surface area contributed by atoms with Crippen molar-refractivity contribution >= 4 is 0 Å². The number of hydrogen-bond acceptors (Lipinski definition) is 4. The molecule has 15 heavy (non-hydrogen) atoms. The van der Waals surface area contributed by atoms with Crippen molar-refractivity contribution < 1.29 is 9.84 Å². The summed E-state index contributed by atoms with van der Waals surface area (Å²) in [4.78, 5) is 8.20. The molecule has 1 N–H and O–H groups in total. The zero-order valence-corrected chi connectivity index (χ0v) is 8.89. The molecule has 1 aliphatic rings. The van der Waals surface area contributed by atoms with Crippen LogP contribution in [0.4, 0.5) is 0 Å². The summed E-state index contributed by atoms with van der Waals surface area (Å²) in [6.07, 6.45) is 7.17. The molecule has 1 atom stereocenters. The largest absolute Gasteiger partial charge is 0.480 e. The second kappa shape index (κ2) is 4.57. The van der Waals surface area contributed by atoms with Crippen molar-refractivity contribution in [2.75, 3.05) is 7.11 Å². The molecular formula is C11H16N2O2. The van der Waals surface area contributed by atoms with Gasteiger partial charge in [0.05, 0.1) is 7.11 Å². The van der Waals surface area contributed by atoms with E-state index in [1.54, 1.807) is 19.5 Å². The van der Waals surface area contributed by atoms with E-state index in [0.29, 0.717) is 17.5 Å². The van der Waals surface area contributed by atoms with Crippen molar-refractivity contribution in [3.63, 3.8) is 0 Å². The normalized spacial score (nSPS) is 19.1. The summed E-state index contributed by atoms with van der Waals surface area (Å²) in [5.74, 6) is 0.757. The fourth-order valence-corrected chi connectivity index (χ4v) is 2.19. The fourth-order valence-electron chi connectivity index (χ4n) is 2.19. The molecule has 0 amide bonds. The van der Waals surface area contributed by atoms with Crippen molar-refractivity contribution in [3.8, 4) is 5.88 Å². The van der Waals surface area contributed by atoms with Gasteiger partial charge < -0.3 is 9.84 Å². The van der Waals surface area contributed by atoms with Crippen molar-refractivity contribution in [3.05, 3.63) is 18.1 Å². The van der Waals surface area contributed by atoms with Gasteiger partial charge in [0.2, 0.25) is 5.88 Å². The molecular weight excluding hydrogens is 192 g/mol. The Hall–Kier alpha value is -1.16. The summed E-state index contributed by atoms with van der Waals surface area (Å²) in [7, 11) is 1.55. The van der Waals surface area contributed by atoms with Crippen LogP contribution in [0.3, 0.4) is 0 Å². The first-order chi connectivity index (χ1) is 7.33. The van der Waals surface area contributed by atoms with Crippen LogP contribution in [0.2, 0.25) is 0 Å². The average Bonchev–Trinajstić information content (AvgIpc) is 2.81. The van der Waals surface area contributed by atoms with E-state index in [-0.39, 0.29) is 0 Å². The van der Waals surface area contributed by atoms with E-state index in [1.807, 2.05) is 0 Å². The molecule has 0 aromatic carbocycles. The molecule has 0 radical (unpaired) electrons. The Kier molecular flexibility index (Phi) is 3.16. The Morgan fingerprint density at radius 3 is 2.67 bits per heavy atom. The molecule has 0 spiro atoms. The van der Waals surface area contributed by atoms with Gasteiger partial charge in [-0.2, -0.15) is 0 Å². The molecule has 1 heterocycles. The van der Waals surface area contributed by atoms with E-state index < -0.39 is 6.10 Å². The van der Waals surface area contributed by atoms with E-state index in [1.165, 1.54) is 12.8 Å². The third kappa shape index (κ3) is 2.09. The summed E-state index contributed by atoms with van der Waals surface area (Å²) >= 11 is 0. The van der Waals surface area contributed by atoms with Gasteiger partial charge in [-0.05, 0) is 18.8 Å². The lowest BCUT2D eigenvalue weighted by Gasteiger charge is -2.18. The third-order valence-corrected chi connectivity index (χ3v) is 3.01. The van der Waals surface area contributed by atoms with E-state index in [0.717, 1.165) is 12.8 Å². The molecule has 82 valence electrons. The van der Waals surface area contributed by atoms with Gasteiger partial charge in [-0.25, -0.2) is 4.98 Å². The van der Waals surface area contributed by atoms with Gasteiger partial charge in [0.1, 0.15) is 11.8 Å². The van der Waals surface area contributed by atoms with Crippen LogP contribution in [-0.4, -0.2) is 22.2 Å². The highest BCUT2D eigenvalue weighted by atomic mass is 16.5. The fraction of sp³-hybridized carbons (Fsp3) is 0.636. The molecule has 1 unspecified atom stereocenters. The third-order valence-electron chi connectivity index (χ3n) is 3.01. The first kappa shape index (κ1) is 10.4. The van der Waals surface area contributed by atoms with Gasteiger partial charge in [-0.1, -0.05) is 12.8 Å². The number of aliphatic hydroxyl groups excluding tert-OH is 1. The number of aliphatic hydroxyl groups is 1.